The van der Waals surface area contributed by atoms with E-state index in [0.29, 0.717) is 28.7 Å². The van der Waals surface area contributed by atoms with E-state index >= 15 is 0 Å². The number of phenolic OH excluding ortho intramolecular Hbond substituents is 1. The molecule has 4 nitrogen and oxygen atoms in total. The molecular formula is C15H20Cl2N2O2. The van der Waals surface area contributed by atoms with Crippen molar-refractivity contribution in [1.29, 1.82) is 0 Å². The Bertz CT molecular complexity index is 553. The second kappa shape index (κ2) is 6.03. The molecule has 1 aromatic rings. The van der Waals surface area contributed by atoms with Gasteiger partial charge in [-0.1, -0.05) is 23.2 Å². The third-order valence-electron chi connectivity index (χ3n) is 4.41. The minimum Gasteiger partial charge on any atom is -0.508 e. The Labute approximate surface area is 134 Å². The Hall–Kier alpha value is -0.970. The summed E-state index contributed by atoms with van der Waals surface area (Å²) in [5.41, 5.74) is 6.36. The van der Waals surface area contributed by atoms with Crippen LogP contribution in [0.4, 0.5) is 0 Å². The molecule has 1 aliphatic rings. The fourth-order valence-corrected chi connectivity index (χ4v) is 3.30. The summed E-state index contributed by atoms with van der Waals surface area (Å²) in [6.45, 7) is 4.84. The van der Waals surface area contributed by atoms with Crippen LogP contribution in [0.1, 0.15) is 32.3 Å². The molecule has 1 aromatic carbocycles. The monoisotopic (exact) mass is 330 g/mol. The van der Waals surface area contributed by atoms with Crippen LogP contribution in [-0.4, -0.2) is 29.0 Å². The van der Waals surface area contributed by atoms with Gasteiger partial charge in [-0.25, -0.2) is 0 Å². The predicted molar refractivity (Wildman–Crippen MR) is 84.6 cm³/mol. The summed E-state index contributed by atoms with van der Waals surface area (Å²) in [6.07, 6.45) is 1.60. The Morgan fingerprint density at radius 2 is 1.86 bits per heavy atom. The SMILES string of the molecule is CC(=O)N1CCC(C(C)(N)c2cc(Cl)c(Cl)cc2O)CC1. The third kappa shape index (κ3) is 3.28. The van der Waals surface area contributed by atoms with Crippen molar-refractivity contribution < 1.29 is 9.90 Å². The quantitative estimate of drug-likeness (QED) is 0.875. The van der Waals surface area contributed by atoms with E-state index in [4.69, 9.17) is 28.9 Å². The summed E-state index contributed by atoms with van der Waals surface area (Å²) in [5, 5.41) is 10.8. The number of halogens is 2. The van der Waals surface area contributed by atoms with Crippen molar-refractivity contribution in [1.82, 2.24) is 4.90 Å². The number of nitrogens with zero attached hydrogens (tertiary/aromatic N) is 1. The molecule has 1 fully saturated rings. The summed E-state index contributed by atoms with van der Waals surface area (Å²) in [6, 6.07) is 3.06. The first-order chi connectivity index (χ1) is 9.73. The van der Waals surface area contributed by atoms with Crippen LogP contribution in [0.3, 0.4) is 0 Å². The van der Waals surface area contributed by atoms with E-state index in [9.17, 15) is 9.90 Å². The maximum atomic E-state index is 11.4. The van der Waals surface area contributed by atoms with Gasteiger partial charge in [-0.05, 0) is 31.7 Å². The summed E-state index contributed by atoms with van der Waals surface area (Å²) in [4.78, 5) is 13.2. The summed E-state index contributed by atoms with van der Waals surface area (Å²) in [5.74, 6) is 0.309. The molecule has 1 aliphatic heterocycles. The summed E-state index contributed by atoms with van der Waals surface area (Å²) in [7, 11) is 0. The number of hydrogen-bond donors (Lipinski definition) is 2. The molecule has 0 spiro atoms. The Balaban J connectivity index is 2.23. The zero-order valence-electron chi connectivity index (χ0n) is 12.2. The molecule has 0 bridgehead atoms. The normalized spacial score (nSPS) is 19.4. The van der Waals surface area contributed by atoms with E-state index in [-0.39, 0.29) is 17.6 Å². The number of amides is 1. The van der Waals surface area contributed by atoms with E-state index < -0.39 is 5.54 Å². The Morgan fingerprint density at radius 3 is 2.38 bits per heavy atom. The molecule has 2 rings (SSSR count). The Kier molecular flexibility index (Phi) is 4.71. The highest BCUT2D eigenvalue weighted by molar-refractivity contribution is 6.42. The number of benzene rings is 1. The molecular weight excluding hydrogens is 311 g/mol. The first kappa shape index (κ1) is 16.4. The van der Waals surface area contributed by atoms with Crippen molar-refractivity contribution in [3.63, 3.8) is 0 Å². The van der Waals surface area contributed by atoms with E-state index in [1.807, 2.05) is 11.8 Å². The second-order valence-electron chi connectivity index (χ2n) is 5.85. The average Bonchev–Trinajstić information content (AvgIpc) is 2.42. The van der Waals surface area contributed by atoms with E-state index in [2.05, 4.69) is 0 Å². The predicted octanol–water partition coefficient (Wildman–Crippen LogP) is 3.13. The van der Waals surface area contributed by atoms with Gasteiger partial charge in [-0.3, -0.25) is 4.79 Å². The van der Waals surface area contributed by atoms with Crippen LogP contribution in [0.15, 0.2) is 12.1 Å². The lowest BCUT2D eigenvalue weighted by molar-refractivity contribution is -0.130. The van der Waals surface area contributed by atoms with Crippen molar-refractivity contribution in [2.24, 2.45) is 11.7 Å². The maximum Gasteiger partial charge on any atom is 0.219 e. The summed E-state index contributed by atoms with van der Waals surface area (Å²) < 4.78 is 0. The highest BCUT2D eigenvalue weighted by Gasteiger charge is 2.37. The van der Waals surface area contributed by atoms with Gasteiger partial charge in [0.25, 0.3) is 0 Å². The molecule has 1 amide bonds. The van der Waals surface area contributed by atoms with Crippen LogP contribution in [0.5, 0.6) is 5.75 Å². The number of rotatable bonds is 2. The van der Waals surface area contributed by atoms with Gasteiger partial charge in [0.15, 0.2) is 0 Å². The van der Waals surface area contributed by atoms with Gasteiger partial charge in [0.2, 0.25) is 5.91 Å². The number of phenols is 1. The van der Waals surface area contributed by atoms with Crippen LogP contribution in [0.2, 0.25) is 10.0 Å². The van der Waals surface area contributed by atoms with Crippen LogP contribution in [0.25, 0.3) is 0 Å². The van der Waals surface area contributed by atoms with Crippen LogP contribution < -0.4 is 5.73 Å². The van der Waals surface area contributed by atoms with Crippen molar-refractivity contribution >= 4 is 29.1 Å². The van der Waals surface area contributed by atoms with Gasteiger partial charge in [0, 0.05) is 37.2 Å². The van der Waals surface area contributed by atoms with Crippen molar-refractivity contribution in [3.8, 4) is 5.75 Å². The summed E-state index contributed by atoms with van der Waals surface area (Å²) >= 11 is 11.9. The van der Waals surface area contributed by atoms with Crippen LogP contribution in [0, 0.1) is 5.92 Å². The molecule has 6 heteroatoms. The lowest BCUT2D eigenvalue weighted by Gasteiger charge is -2.40. The van der Waals surface area contributed by atoms with Crippen LogP contribution in [-0.2, 0) is 10.3 Å². The number of aromatic hydroxyl groups is 1. The smallest absolute Gasteiger partial charge is 0.219 e. The topological polar surface area (TPSA) is 66.6 Å². The molecule has 1 atom stereocenters. The molecule has 1 unspecified atom stereocenters. The lowest BCUT2D eigenvalue weighted by Crippen LogP contribution is -2.48. The molecule has 1 saturated heterocycles. The van der Waals surface area contributed by atoms with Crippen molar-refractivity contribution in [2.75, 3.05) is 13.1 Å². The number of carbonyl (C=O) groups excluding carboxylic acids is 1. The first-order valence-electron chi connectivity index (χ1n) is 6.96. The number of hydrogen-bond acceptors (Lipinski definition) is 3. The van der Waals surface area contributed by atoms with Gasteiger partial charge in [-0.15, -0.1) is 0 Å². The number of piperidine rings is 1. The van der Waals surface area contributed by atoms with Gasteiger partial charge >= 0.3 is 0 Å². The minimum absolute atomic E-state index is 0.0587. The van der Waals surface area contributed by atoms with Crippen LogP contribution >= 0.6 is 23.2 Å². The molecule has 3 N–H and O–H groups in total. The van der Waals surface area contributed by atoms with E-state index in [1.165, 1.54) is 6.07 Å². The highest BCUT2D eigenvalue weighted by atomic mass is 35.5. The molecule has 1 heterocycles. The first-order valence-corrected chi connectivity index (χ1v) is 7.72. The molecule has 0 radical (unpaired) electrons. The standard InChI is InChI=1S/C15H20Cl2N2O2/c1-9(20)19-5-3-10(4-6-19)15(2,18)11-7-12(16)13(17)8-14(11)21/h7-8,10,21H,3-6,18H2,1-2H3. The molecule has 0 aliphatic carbocycles. The lowest BCUT2D eigenvalue weighted by atomic mass is 9.75. The number of carbonyl (C=O) groups is 1. The fourth-order valence-electron chi connectivity index (χ4n) is 2.98. The van der Waals surface area contributed by atoms with Gasteiger partial charge in [-0.2, -0.15) is 0 Å². The fraction of sp³-hybridized carbons (Fsp3) is 0.533. The van der Waals surface area contributed by atoms with Gasteiger partial charge in [0.1, 0.15) is 5.75 Å². The van der Waals surface area contributed by atoms with Crippen molar-refractivity contribution in [2.45, 2.75) is 32.2 Å². The van der Waals surface area contributed by atoms with Gasteiger partial charge in [0.05, 0.1) is 10.0 Å². The second-order valence-corrected chi connectivity index (χ2v) is 6.66. The van der Waals surface area contributed by atoms with Crippen molar-refractivity contribution in [3.05, 3.63) is 27.7 Å². The molecule has 116 valence electrons. The zero-order valence-corrected chi connectivity index (χ0v) is 13.7. The largest absolute Gasteiger partial charge is 0.508 e. The van der Waals surface area contributed by atoms with E-state index in [0.717, 1.165) is 12.8 Å². The number of likely N-dealkylation sites (tertiary alicyclic amines) is 1. The molecule has 0 saturated carbocycles. The third-order valence-corrected chi connectivity index (χ3v) is 5.13. The Morgan fingerprint density at radius 1 is 1.33 bits per heavy atom. The van der Waals surface area contributed by atoms with E-state index in [1.54, 1.807) is 13.0 Å². The highest BCUT2D eigenvalue weighted by Crippen LogP contribution is 2.41. The molecule has 0 aromatic heterocycles. The maximum absolute atomic E-state index is 11.4. The minimum atomic E-state index is -0.721. The zero-order chi connectivity index (χ0) is 15.8. The number of nitrogens with two attached hydrogens (primary N) is 1. The average molecular weight is 331 g/mol. The molecule has 21 heavy (non-hydrogen) atoms. The van der Waals surface area contributed by atoms with Gasteiger partial charge < -0.3 is 15.7 Å².